The number of methoxy groups -OCH3 is 2. The number of ether oxygens (including phenoxy) is 2. The number of benzene rings is 4. The summed E-state index contributed by atoms with van der Waals surface area (Å²) in [6, 6.07) is 31.9. The Morgan fingerprint density at radius 3 is 0.941 bits per heavy atom. The quantitative estimate of drug-likeness (QED) is 0.260. The van der Waals surface area contributed by atoms with Crippen molar-refractivity contribution in [3.8, 4) is 35.2 Å². The number of hydrogen-bond acceptors (Lipinski definition) is 2. The summed E-state index contributed by atoms with van der Waals surface area (Å²) < 4.78 is 10.4. The van der Waals surface area contributed by atoms with Crippen LogP contribution < -0.4 is 9.47 Å². The maximum atomic E-state index is 5.18. The SMILES string of the molecule is COc1ccc(C#Cc2ccc(C=Cc3ccc(C#Cc4ccc(OC)cc4)cc3)cc2)cc1. The van der Waals surface area contributed by atoms with E-state index < -0.39 is 0 Å². The van der Waals surface area contributed by atoms with Gasteiger partial charge in [0.25, 0.3) is 0 Å². The Morgan fingerprint density at radius 2 is 0.676 bits per heavy atom. The zero-order valence-corrected chi connectivity index (χ0v) is 19.2. The van der Waals surface area contributed by atoms with Gasteiger partial charge in [0.2, 0.25) is 0 Å². The van der Waals surface area contributed by atoms with Crippen LogP contribution in [0.3, 0.4) is 0 Å². The van der Waals surface area contributed by atoms with E-state index in [1.165, 1.54) is 0 Å². The van der Waals surface area contributed by atoms with Crippen LogP contribution in [-0.4, -0.2) is 14.2 Å². The molecule has 4 aromatic carbocycles. The van der Waals surface area contributed by atoms with Crippen LogP contribution in [0, 0.1) is 23.7 Å². The first-order valence-corrected chi connectivity index (χ1v) is 10.9. The molecule has 0 amide bonds. The largest absolute Gasteiger partial charge is 0.497 e. The topological polar surface area (TPSA) is 18.5 Å². The summed E-state index contributed by atoms with van der Waals surface area (Å²) in [6.07, 6.45) is 4.19. The Hall–Kier alpha value is -4.66. The van der Waals surface area contributed by atoms with Gasteiger partial charge in [-0.15, -0.1) is 0 Å². The predicted octanol–water partition coefficient (Wildman–Crippen LogP) is 6.67. The zero-order chi connectivity index (χ0) is 23.6. The zero-order valence-electron chi connectivity index (χ0n) is 19.2. The van der Waals surface area contributed by atoms with Crippen LogP contribution in [0.1, 0.15) is 33.4 Å². The highest BCUT2D eigenvalue weighted by molar-refractivity contribution is 5.70. The van der Waals surface area contributed by atoms with E-state index >= 15 is 0 Å². The third-order valence-corrected chi connectivity index (χ3v) is 5.17. The van der Waals surface area contributed by atoms with Gasteiger partial charge in [0.1, 0.15) is 11.5 Å². The molecule has 0 bridgehead atoms. The van der Waals surface area contributed by atoms with Gasteiger partial charge in [-0.3, -0.25) is 0 Å². The van der Waals surface area contributed by atoms with E-state index in [0.29, 0.717) is 0 Å². The molecule has 0 aliphatic heterocycles. The molecule has 0 saturated heterocycles. The third kappa shape index (κ3) is 6.42. The molecule has 0 aromatic heterocycles. The molecule has 0 unspecified atom stereocenters. The van der Waals surface area contributed by atoms with Crippen LogP contribution in [-0.2, 0) is 0 Å². The van der Waals surface area contributed by atoms with Gasteiger partial charge in [0.05, 0.1) is 14.2 Å². The van der Waals surface area contributed by atoms with Crippen molar-refractivity contribution >= 4 is 12.2 Å². The lowest BCUT2D eigenvalue weighted by atomic mass is 10.1. The summed E-state index contributed by atoms with van der Waals surface area (Å²) in [4.78, 5) is 0. The first-order chi connectivity index (χ1) is 16.7. The Balaban J connectivity index is 1.36. The van der Waals surface area contributed by atoms with Crippen LogP contribution in [0.2, 0.25) is 0 Å². The second-order valence-electron chi connectivity index (χ2n) is 7.53. The van der Waals surface area contributed by atoms with Crippen molar-refractivity contribution in [1.82, 2.24) is 0 Å². The summed E-state index contributed by atoms with van der Waals surface area (Å²) in [5.74, 6) is 14.4. The molecule has 2 heteroatoms. The van der Waals surface area contributed by atoms with Crippen LogP contribution in [0.4, 0.5) is 0 Å². The highest BCUT2D eigenvalue weighted by atomic mass is 16.5. The summed E-state index contributed by atoms with van der Waals surface area (Å²) in [6.45, 7) is 0. The van der Waals surface area contributed by atoms with Gasteiger partial charge in [-0.2, -0.15) is 0 Å². The third-order valence-electron chi connectivity index (χ3n) is 5.17. The minimum absolute atomic E-state index is 0.831. The molecule has 0 aliphatic rings. The Bertz CT molecular complexity index is 1260. The monoisotopic (exact) mass is 440 g/mol. The molecule has 0 radical (unpaired) electrons. The molecule has 0 N–H and O–H groups in total. The molecular weight excluding hydrogens is 416 g/mol. The van der Waals surface area contributed by atoms with Crippen LogP contribution in [0.5, 0.6) is 11.5 Å². The Kier molecular flexibility index (Phi) is 7.47. The van der Waals surface area contributed by atoms with E-state index in [-0.39, 0.29) is 0 Å². The first-order valence-electron chi connectivity index (χ1n) is 10.9. The highest BCUT2D eigenvalue weighted by Crippen LogP contribution is 2.13. The lowest BCUT2D eigenvalue weighted by molar-refractivity contribution is 0.414. The molecular formula is C32H24O2. The van der Waals surface area contributed by atoms with Crippen molar-refractivity contribution in [2.75, 3.05) is 14.2 Å². The standard InChI is InChI=1S/C32H24O2/c1-33-31-21-17-29(18-22-31)15-13-27-9-5-25(6-10-27)3-4-26-7-11-28(12-8-26)14-16-30-19-23-32(34-2)24-20-30/h3-12,17-24H,1-2H3. The highest BCUT2D eigenvalue weighted by Gasteiger charge is 1.94. The van der Waals surface area contributed by atoms with Crippen LogP contribution >= 0.6 is 0 Å². The molecule has 34 heavy (non-hydrogen) atoms. The minimum atomic E-state index is 0.831. The summed E-state index contributed by atoms with van der Waals surface area (Å²) in [5, 5.41) is 0. The van der Waals surface area contributed by atoms with Gasteiger partial charge in [-0.05, 0) is 83.9 Å². The lowest BCUT2D eigenvalue weighted by Gasteiger charge is -1.98. The van der Waals surface area contributed by atoms with Gasteiger partial charge >= 0.3 is 0 Å². The molecule has 0 atom stereocenters. The fourth-order valence-electron chi connectivity index (χ4n) is 3.18. The Morgan fingerprint density at radius 1 is 0.412 bits per heavy atom. The maximum Gasteiger partial charge on any atom is 0.118 e. The summed E-state index contributed by atoms with van der Waals surface area (Å²) in [5.41, 5.74) is 6.13. The van der Waals surface area contributed by atoms with Crippen molar-refractivity contribution < 1.29 is 9.47 Å². The average Bonchev–Trinajstić information content (AvgIpc) is 2.91. The molecule has 2 nitrogen and oxygen atoms in total. The van der Waals surface area contributed by atoms with E-state index in [4.69, 9.17) is 9.47 Å². The molecule has 0 saturated carbocycles. The van der Waals surface area contributed by atoms with E-state index in [1.807, 2.05) is 72.8 Å². The predicted molar refractivity (Wildman–Crippen MR) is 140 cm³/mol. The second-order valence-corrected chi connectivity index (χ2v) is 7.53. The van der Waals surface area contributed by atoms with Crippen LogP contribution in [0.25, 0.3) is 12.2 Å². The smallest absolute Gasteiger partial charge is 0.118 e. The van der Waals surface area contributed by atoms with Gasteiger partial charge in [0, 0.05) is 22.3 Å². The van der Waals surface area contributed by atoms with Gasteiger partial charge in [-0.25, -0.2) is 0 Å². The normalized spacial score (nSPS) is 10.1. The first kappa shape index (κ1) is 22.5. The second kappa shape index (κ2) is 11.3. The summed E-state index contributed by atoms with van der Waals surface area (Å²) in [7, 11) is 3.32. The lowest BCUT2D eigenvalue weighted by Crippen LogP contribution is -1.82. The number of hydrogen-bond donors (Lipinski definition) is 0. The van der Waals surface area contributed by atoms with Gasteiger partial charge in [-0.1, -0.05) is 60.1 Å². The molecule has 0 heterocycles. The maximum absolute atomic E-state index is 5.18. The van der Waals surface area contributed by atoms with Crippen molar-refractivity contribution in [3.05, 3.63) is 130 Å². The van der Waals surface area contributed by atoms with E-state index in [2.05, 4.69) is 60.1 Å². The van der Waals surface area contributed by atoms with Crippen molar-refractivity contribution in [3.63, 3.8) is 0 Å². The van der Waals surface area contributed by atoms with E-state index in [1.54, 1.807) is 14.2 Å². The average molecular weight is 441 g/mol. The molecule has 0 fully saturated rings. The van der Waals surface area contributed by atoms with Crippen molar-refractivity contribution in [2.24, 2.45) is 0 Å². The Labute approximate surface area is 201 Å². The molecule has 164 valence electrons. The molecule has 4 rings (SSSR count). The molecule has 0 spiro atoms. The van der Waals surface area contributed by atoms with Crippen LogP contribution in [0.15, 0.2) is 97.1 Å². The fourth-order valence-corrected chi connectivity index (χ4v) is 3.18. The van der Waals surface area contributed by atoms with Gasteiger partial charge in [0.15, 0.2) is 0 Å². The summed E-state index contributed by atoms with van der Waals surface area (Å²) >= 11 is 0. The van der Waals surface area contributed by atoms with E-state index in [9.17, 15) is 0 Å². The number of rotatable bonds is 4. The van der Waals surface area contributed by atoms with E-state index in [0.717, 1.165) is 44.9 Å². The molecule has 4 aromatic rings. The van der Waals surface area contributed by atoms with Crippen molar-refractivity contribution in [1.29, 1.82) is 0 Å². The molecule has 0 aliphatic carbocycles. The minimum Gasteiger partial charge on any atom is -0.497 e. The fraction of sp³-hybridized carbons (Fsp3) is 0.0625. The van der Waals surface area contributed by atoms with Crippen molar-refractivity contribution in [2.45, 2.75) is 0 Å². The van der Waals surface area contributed by atoms with Gasteiger partial charge < -0.3 is 9.47 Å².